The van der Waals surface area contributed by atoms with Gasteiger partial charge in [0.15, 0.2) is 0 Å². The molecule has 0 amide bonds. The molecule has 0 aromatic carbocycles. The van der Waals surface area contributed by atoms with E-state index in [1.165, 1.54) is 44.9 Å². The summed E-state index contributed by atoms with van der Waals surface area (Å²) in [7, 11) is 1.90. The van der Waals surface area contributed by atoms with Gasteiger partial charge in [-0.3, -0.25) is 0 Å². The maximum absolute atomic E-state index is 5.61. The number of unbranched alkanes of at least 4 members (excludes halogenated alkanes) is 7. The average Bonchev–Trinajstić information content (AvgIpc) is 2.89. The lowest BCUT2D eigenvalue weighted by Crippen LogP contribution is -2.17. The molecule has 0 aliphatic carbocycles. The molecule has 0 radical (unpaired) electrons. The largest absolute Gasteiger partial charge is 0.379 e. The van der Waals surface area contributed by atoms with Crippen molar-refractivity contribution < 1.29 is 37.9 Å². The van der Waals surface area contributed by atoms with E-state index in [4.69, 9.17) is 37.9 Å². The summed E-state index contributed by atoms with van der Waals surface area (Å²) in [6.45, 7) is 12.7. The van der Waals surface area contributed by atoms with Crippen LogP contribution in [0.2, 0.25) is 0 Å². The standard InChI is InChI=1S/C27H57NO8/c1-3-4-5-6-7-8-9-10-12-29-14-16-31-18-20-33-22-24-35-26-27-36-25-23-34-21-19-32-17-15-30-13-11-28-2/h28H,3-27H2,1-2H3. The molecule has 1 N–H and O–H groups in total. The zero-order valence-electron chi connectivity index (χ0n) is 23.4. The van der Waals surface area contributed by atoms with Gasteiger partial charge in [0.05, 0.1) is 99.1 Å². The summed E-state index contributed by atoms with van der Waals surface area (Å²) in [6, 6.07) is 0. The molecule has 0 saturated heterocycles. The highest BCUT2D eigenvalue weighted by atomic mass is 16.6. The fraction of sp³-hybridized carbons (Fsp3) is 1.00. The van der Waals surface area contributed by atoms with Gasteiger partial charge in [-0.05, 0) is 13.5 Å². The third kappa shape index (κ3) is 33.6. The van der Waals surface area contributed by atoms with E-state index in [-0.39, 0.29) is 0 Å². The van der Waals surface area contributed by atoms with Crippen LogP contribution in [0.4, 0.5) is 0 Å². The molecule has 0 aromatic heterocycles. The van der Waals surface area contributed by atoms with Gasteiger partial charge in [0.25, 0.3) is 0 Å². The summed E-state index contributed by atoms with van der Waals surface area (Å²) < 4.78 is 43.8. The quantitative estimate of drug-likeness (QED) is 0.130. The molecule has 0 fully saturated rings. The molecular weight excluding hydrogens is 466 g/mol. The fourth-order valence-corrected chi connectivity index (χ4v) is 3.15. The van der Waals surface area contributed by atoms with Gasteiger partial charge < -0.3 is 43.2 Å². The molecule has 0 unspecified atom stereocenters. The van der Waals surface area contributed by atoms with Crippen molar-refractivity contribution in [3.8, 4) is 0 Å². The molecule has 0 atom stereocenters. The van der Waals surface area contributed by atoms with Gasteiger partial charge in [-0.15, -0.1) is 0 Å². The molecule has 9 nitrogen and oxygen atoms in total. The fourth-order valence-electron chi connectivity index (χ4n) is 3.15. The number of likely N-dealkylation sites (N-methyl/N-ethyl adjacent to an activating group) is 1. The first-order valence-corrected chi connectivity index (χ1v) is 14.2. The van der Waals surface area contributed by atoms with Gasteiger partial charge in [-0.2, -0.15) is 0 Å². The van der Waals surface area contributed by atoms with E-state index in [2.05, 4.69) is 12.2 Å². The van der Waals surface area contributed by atoms with Gasteiger partial charge in [0.1, 0.15) is 0 Å². The summed E-state index contributed by atoms with van der Waals surface area (Å²) in [6.07, 6.45) is 10.6. The second-order valence-corrected chi connectivity index (χ2v) is 8.48. The van der Waals surface area contributed by atoms with Gasteiger partial charge in [0, 0.05) is 13.2 Å². The van der Waals surface area contributed by atoms with Crippen molar-refractivity contribution in [2.24, 2.45) is 0 Å². The summed E-state index contributed by atoms with van der Waals surface area (Å²) in [5.41, 5.74) is 0. The van der Waals surface area contributed by atoms with E-state index >= 15 is 0 Å². The van der Waals surface area contributed by atoms with E-state index in [0.29, 0.717) is 99.1 Å². The first-order valence-electron chi connectivity index (χ1n) is 14.2. The van der Waals surface area contributed by atoms with Crippen LogP contribution in [0, 0.1) is 0 Å². The van der Waals surface area contributed by atoms with Crippen molar-refractivity contribution in [3.05, 3.63) is 0 Å². The second-order valence-electron chi connectivity index (χ2n) is 8.48. The van der Waals surface area contributed by atoms with Crippen molar-refractivity contribution in [1.82, 2.24) is 5.32 Å². The number of rotatable bonds is 33. The molecule has 0 aliphatic rings. The van der Waals surface area contributed by atoms with Crippen molar-refractivity contribution in [3.63, 3.8) is 0 Å². The van der Waals surface area contributed by atoms with Gasteiger partial charge in [-0.1, -0.05) is 51.9 Å². The van der Waals surface area contributed by atoms with E-state index < -0.39 is 0 Å². The third-order valence-electron chi connectivity index (χ3n) is 5.24. The Bertz CT molecular complexity index is 346. The molecule has 0 bridgehead atoms. The topological polar surface area (TPSA) is 85.9 Å². The zero-order valence-corrected chi connectivity index (χ0v) is 23.4. The van der Waals surface area contributed by atoms with Gasteiger partial charge in [0.2, 0.25) is 0 Å². The molecule has 0 spiro atoms. The highest BCUT2D eigenvalue weighted by Gasteiger charge is 1.96. The molecule has 0 rings (SSSR count). The number of nitrogens with one attached hydrogen (secondary N) is 1. The summed E-state index contributed by atoms with van der Waals surface area (Å²) in [5.74, 6) is 0. The lowest BCUT2D eigenvalue weighted by atomic mass is 10.1. The minimum atomic E-state index is 0.548. The molecule has 0 aromatic rings. The normalized spacial score (nSPS) is 11.5. The van der Waals surface area contributed by atoms with Gasteiger partial charge >= 0.3 is 0 Å². The Morgan fingerprint density at radius 3 is 0.944 bits per heavy atom. The Hall–Kier alpha value is -0.360. The lowest BCUT2D eigenvalue weighted by Gasteiger charge is -2.08. The van der Waals surface area contributed by atoms with Crippen LogP contribution in [0.15, 0.2) is 0 Å². The van der Waals surface area contributed by atoms with Crippen molar-refractivity contribution in [1.29, 1.82) is 0 Å². The summed E-state index contributed by atoms with van der Waals surface area (Å²) in [5, 5.41) is 3.02. The highest BCUT2D eigenvalue weighted by molar-refractivity contribution is 4.46. The molecule has 0 aliphatic heterocycles. The van der Waals surface area contributed by atoms with Crippen LogP contribution >= 0.6 is 0 Å². The Balaban J connectivity index is 3.00. The summed E-state index contributed by atoms with van der Waals surface area (Å²) >= 11 is 0. The van der Waals surface area contributed by atoms with E-state index in [1.54, 1.807) is 0 Å². The van der Waals surface area contributed by atoms with Crippen LogP contribution in [-0.4, -0.2) is 119 Å². The molecule has 0 heterocycles. The summed E-state index contributed by atoms with van der Waals surface area (Å²) in [4.78, 5) is 0. The molecule has 9 heteroatoms. The van der Waals surface area contributed by atoms with Crippen LogP contribution in [0.25, 0.3) is 0 Å². The predicted molar refractivity (Wildman–Crippen MR) is 143 cm³/mol. The highest BCUT2D eigenvalue weighted by Crippen LogP contribution is 2.08. The number of ether oxygens (including phenoxy) is 8. The van der Waals surface area contributed by atoms with E-state index in [9.17, 15) is 0 Å². The first-order chi connectivity index (χ1) is 17.9. The van der Waals surface area contributed by atoms with Crippen LogP contribution < -0.4 is 5.32 Å². The minimum Gasteiger partial charge on any atom is -0.379 e. The average molecular weight is 524 g/mol. The smallest absolute Gasteiger partial charge is 0.0701 e. The first kappa shape index (κ1) is 35.6. The van der Waals surface area contributed by atoms with Crippen LogP contribution in [-0.2, 0) is 37.9 Å². The van der Waals surface area contributed by atoms with Gasteiger partial charge in [-0.25, -0.2) is 0 Å². The molecule has 218 valence electrons. The Labute approximate surface area is 221 Å². The lowest BCUT2D eigenvalue weighted by molar-refractivity contribution is -0.0230. The molecule has 36 heavy (non-hydrogen) atoms. The number of hydrogen-bond acceptors (Lipinski definition) is 9. The zero-order chi connectivity index (χ0) is 26.0. The van der Waals surface area contributed by atoms with Crippen LogP contribution in [0.1, 0.15) is 58.3 Å². The maximum Gasteiger partial charge on any atom is 0.0701 e. The second kappa shape index (κ2) is 34.6. The van der Waals surface area contributed by atoms with Crippen LogP contribution in [0.5, 0.6) is 0 Å². The SMILES string of the molecule is CCCCCCCCCCOCCOCCOCCOCCOCCOCCOCCOCCNC. The van der Waals surface area contributed by atoms with Crippen molar-refractivity contribution in [2.45, 2.75) is 58.3 Å². The minimum absolute atomic E-state index is 0.548. The van der Waals surface area contributed by atoms with Crippen LogP contribution in [0.3, 0.4) is 0 Å². The van der Waals surface area contributed by atoms with Crippen molar-refractivity contribution >= 4 is 0 Å². The van der Waals surface area contributed by atoms with Crippen molar-refractivity contribution in [2.75, 3.05) is 119 Å². The maximum atomic E-state index is 5.61. The van der Waals surface area contributed by atoms with E-state index in [0.717, 1.165) is 19.6 Å². The van der Waals surface area contributed by atoms with E-state index in [1.807, 2.05) is 7.05 Å². The molecular formula is C27H57NO8. The monoisotopic (exact) mass is 523 g/mol. The Morgan fingerprint density at radius 1 is 0.333 bits per heavy atom. The third-order valence-corrected chi connectivity index (χ3v) is 5.24. The number of hydrogen-bond donors (Lipinski definition) is 1. The predicted octanol–water partition coefficient (Wildman–Crippen LogP) is 3.48. The molecule has 0 saturated carbocycles. The Morgan fingerprint density at radius 2 is 0.611 bits per heavy atom. The Kier molecular flexibility index (Phi) is 34.3.